The molecule has 0 aliphatic rings. The molecule has 0 radical (unpaired) electrons. The molecule has 0 aliphatic heterocycles. The molecule has 0 bridgehead atoms. The van der Waals surface area contributed by atoms with Crippen LogP contribution < -0.4 is 16.7 Å². The number of rotatable bonds is 6. The van der Waals surface area contributed by atoms with Crippen molar-refractivity contribution < 1.29 is 9.90 Å². The molecule has 2 rings (SSSR count). The van der Waals surface area contributed by atoms with Crippen molar-refractivity contribution >= 4 is 11.6 Å². The monoisotopic (exact) mass is 344 g/mol. The van der Waals surface area contributed by atoms with Crippen molar-refractivity contribution in [2.24, 2.45) is 5.10 Å². The predicted molar refractivity (Wildman–Crippen MR) is 94.0 cm³/mol. The normalized spacial score (nSPS) is 11.4. The summed E-state index contributed by atoms with van der Waals surface area (Å²) in [7, 11) is 0. The second kappa shape index (κ2) is 8.09. The van der Waals surface area contributed by atoms with Crippen molar-refractivity contribution in [1.29, 1.82) is 0 Å². The summed E-state index contributed by atoms with van der Waals surface area (Å²) in [5.74, 6) is -0.910. The van der Waals surface area contributed by atoms with Crippen molar-refractivity contribution in [3.8, 4) is 5.88 Å². The quantitative estimate of drug-likeness (QED) is 0.539. The number of H-pyrrole nitrogens is 1. The van der Waals surface area contributed by atoms with Crippen LogP contribution in [0.4, 0.5) is 0 Å². The van der Waals surface area contributed by atoms with Gasteiger partial charge in [0, 0.05) is 12.1 Å². The van der Waals surface area contributed by atoms with E-state index in [1.165, 1.54) is 6.92 Å². The lowest BCUT2D eigenvalue weighted by atomic mass is 10.2. The Hall–Kier alpha value is -3.16. The van der Waals surface area contributed by atoms with Crippen LogP contribution in [-0.4, -0.2) is 26.3 Å². The summed E-state index contributed by atoms with van der Waals surface area (Å²) in [6.45, 7) is 3.68. The maximum atomic E-state index is 12.0. The Balaban J connectivity index is 2.32. The summed E-state index contributed by atoms with van der Waals surface area (Å²) in [6, 6.07) is 8.45. The molecule has 3 N–H and O–H groups in total. The molecule has 8 heteroatoms. The first-order valence-electron chi connectivity index (χ1n) is 7.91. The molecule has 2 aromatic rings. The number of nitrogens with one attached hydrogen (secondary N) is 2. The van der Waals surface area contributed by atoms with Crippen LogP contribution >= 0.6 is 0 Å². The smallest absolute Gasteiger partial charge is 0.331 e. The summed E-state index contributed by atoms with van der Waals surface area (Å²) in [5, 5.41) is 14.1. The molecule has 0 spiro atoms. The molecule has 0 aliphatic carbocycles. The third kappa shape index (κ3) is 4.23. The largest absolute Gasteiger partial charge is 0.494 e. The SMILES string of the molecule is CCCCn1c(O)c(/C(C)=N\NC(=O)c2ccccc2)c(=O)[nH]c1=O. The molecule has 0 unspecified atom stereocenters. The highest BCUT2D eigenvalue weighted by molar-refractivity contribution is 6.02. The number of carbonyl (C=O) groups is 1. The van der Waals surface area contributed by atoms with Gasteiger partial charge >= 0.3 is 5.69 Å². The lowest BCUT2D eigenvalue weighted by Crippen LogP contribution is -2.34. The van der Waals surface area contributed by atoms with Gasteiger partial charge in [0.1, 0.15) is 5.56 Å². The van der Waals surface area contributed by atoms with Gasteiger partial charge < -0.3 is 5.11 Å². The summed E-state index contributed by atoms with van der Waals surface area (Å²) in [4.78, 5) is 38.0. The summed E-state index contributed by atoms with van der Waals surface area (Å²) < 4.78 is 1.08. The fourth-order valence-electron chi connectivity index (χ4n) is 2.25. The van der Waals surface area contributed by atoms with E-state index in [1.54, 1.807) is 30.3 Å². The molecule has 0 saturated heterocycles. The topological polar surface area (TPSA) is 117 Å². The maximum absolute atomic E-state index is 12.0. The first-order valence-corrected chi connectivity index (χ1v) is 7.91. The Kier molecular flexibility index (Phi) is 5.89. The van der Waals surface area contributed by atoms with E-state index >= 15 is 0 Å². The molecular weight excluding hydrogens is 324 g/mol. The zero-order valence-corrected chi connectivity index (χ0v) is 14.1. The first kappa shape index (κ1) is 18.2. The molecule has 0 saturated carbocycles. The van der Waals surface area contributed by atoms with Crippen LogP contribution in [0.1, 0.15) is 42.6 Å². The van der Waals surface area contributed by atoms with Gasteiger partial charge in [-0.15, -0.1) is 0 Å². The molecule has 8 nitrogen and oxygen atoms in total. The minimum atomic E-state index is -0.759. The summed E-state index contributed by atoms with van der Waals surface area (Å²) >= 11 is 0. The number of carbonyl (C=O) groups excluding carboxylic acids is 1. The van der Waals surface area contributed by atoms with Gasteiger partial charge in [0.15, 0.2) is 0 Å². The van der Waals surface area contributed by atoms with Crippen LogP contribution in [0.5, 0.6) is 5.88 Å². The van der Waals surface area contributed by atoms with Crippen LogP contribution in [0.2, 0.25) is 0 Å². The molecule has 1 aromatic heterocycles. The Morgan fingerprint density at radius 3 is 2.60 bits per heavy atom. The fraction of sp³-hybridized carbons (Fsp3) is 0.294. The van der Waals surface area contributed by atoms with Gasteiger partial charge in [-0.25, -0.2) is 10.2 Å². The minimum Gasteiger partial charge on any atom is -0.494 e. The summed E-state index contributed by atoms with van der Waals surface area (Å²) in [6.07, 6.45) is 1.49. The van der Waals surface area contributed by atoms with Crippen molar-refractivity contribution in [2.75, 3.05) is 0 Å². The van der Waals surface area contributed by atoms with E-state index in [1.807, 2.05) is 6.92 Å². The Bertz CT molecular complexity index is 897. The highest BCUT2D eigenvalue weighted by atomic mass is 16.3. The van der Waals surface area contributed by atoms with Crippen molar-refractivity contribution in [3.63, 3.8) is 0 Å². The Morgan fingerprint density at radius 1 is 1.28 bits per heavy atom. The van der Waals surface area contributed by atoms with Crippen LogP contribution in [-0.2, 0) is 6.54 Å². The first-order chi connectivity index (χ1) is 12.0. The van der Waals surface area contributed by atoms with Crippen molar-refractivity contribution in [3.05, 3.63) is 62.3 Å². The van der Waals surface area contributed by atoms with E-state index in [0.29, 0.717) is 12.0 Å². The van der Waals surface area contributed by atoms with E-state index < -0.39 is 23.0 Å². The molecule has 132 valence electrons. The average molecular weight is 344 g/mol. The van der Waals surface area contributed by atoms with Gasteiger partial charge in [0.2, 0.25) is 5.88 Å². The summed E-state index contributed by atoms with van der Waals surface area (Å²) in [5.41, 5.74) is 1.24. The molecule has 1 heterocycles. The lowest BCUT2D eigenvalue weighted by molar-refractivity contribution is 0.0955. The van der Waals surface area contributed by atoms with Crippen LogP contribution in [0.3, 0.4) is 0 Å². The van der Waals surface area contributed by atoms with E-state index in [-0.39, 0.29) is 17.8 Å². The van der Waals surface area contributed by atoms with Crippen LogP contribution in [0, 0.1) is 0 Å². The van der Waals surface area contributed by atoms with Crippen LogP contribution in [0.15, 0.2) is 45.0 Å². The van der Waals surface area contributed by atoms with Gasteiger partial charge in [0.25, 0.3) is 11.5 Å². The molecule has 1 amide bonds. The Morgan fingerprint density at radius 2 is 1.96 bits per heavy atom. The maximum Gasteiger partial charge on any atom is 0.331 e. The molecular formula is C17H20N4O4. The third-order valence-corrected chi connectivity index (χ3v) is 3.63. The molecule has 25 heavy (non-hydrogen) atoms. The fourth-order valence-corrected chi connectivity index (χ4v) is 2.25. The zero-order valence-electron chi connectivity index (χ0n) is 14.1. The zero-order chi connectivity index (χ0) is 18.4. The number of benzene rings is 1. The minimum absolute atomic E-state index is 0.0910. The number of nitrogens with zero attached hydrogens (tertiary/aromatic N) is 2. The molecule has 1 aromatic carbocycles. The van der Waals surface area contributed by atoms with E-state index in [2.05, 4.69) is 15.5 Å². The third-order valence-electron chi connectivity index (χ3n) is 3.63. The van der Waals surface area contributed by atoms with E-state index in [9.17, 15) is 19.5 Å². The number of amides is 1. The number of aromatic amines is 1. The average Bonchev–Trinajstić information content (AvgIpc) is 2.60. The van der Waals surface area contributed by atoms with Crippen molar-refractivity contribution in [2.45, 2.75) is 33.2 Å². The van der Waals surface area contributed by atoms with Crippen LogP contribution in [0.25, 0.3) is 0 Å². The number of hydrogen-bond acceptors (Lipinski definition) is 5. The van der Waals surface area contributed by atoms with Gasteiger partial charge in [-0.2, -0.15) is 5.10 Å². The van der Waals surface area contributed by atoms with Gasteiger partial charge in [-0.05, 0) is 25.5 Å². The lowest BCUT2D eigenvalue weighted by Gasteiger charge is -2.10. The molecule has 0 fully saturated rings. The number of unbranched alkanes of at least 4 members (excludes halogenated alkanes) is 1. The number of aromatic hydroxyl groups is 1. The number of aromatic nitrogens is 2. The van der Waals surface area contributed by atoms with E-state index in [4.69, 9.17) is 0 Å². The second-order valence-corrected chi connectivity index (χ2v) is 5.47. The van der Waals surface area contributed by atoms with Crippen molar-refractivity contribution in [1.82, 2.24) is 15.0 Å². The second-order valence-electron chi connectivity index (χ2n) is 5.47. The highest BCUT2D eigenvalue weighted by Crippen LogP contribution is 2.12. The number of hydrogen-bond donors (Lipinski definition) is 3. The number of hydrazone groups is 1. The molecule has 0 atom stereocenters. The van der Waals surface area contributed by atoms with Gasteiger partial charge in [-0.3, -0.25) is 19.1 Å². The predicted octanol–water partition coefficient (Wildman–Crippen LogP) is 1.20. The van der Waals surface area contributed by atoms with E-state index in [0.717, 1.165) is 11.0 Å². The highest BCUT2D eigenvalue weighted by Gasteiger charge is 2.17. The van der Waals surface area contributed by atoms with Gasteiger partial charge in [-0.1, -0.05) is 31.5 Å². The Labute approximate surface area is 143 Å². The standard InChI is InChI=1S/C17H20N4O4/c1-3-4-10-21-16(24)13(15(23)18-17(21)25)11(2)19-20-14(22)12-8-6-5-7-9-12/h5-9,24H,3-4,10H2,1-2H3,(H,20,22)(H,18,23,25)/b19-11-. The van der Waals surface area contributed by atoms with Gasteiger partial charge in [0.05, 0.1) is 5.71 Å².